The third-order valence-electron chi connectivity index (χ3n) is 3.03. The van der Waals surface area contributed by atoms with Crippen molar-refractivity contribution >= 4 is 17.8 Å². The van der Waals surface area contributed by atoms with Crippen molar-refractivity contribution in [2.24, 2.45) is 0 Å². The first-order chi connectivity index (χ1) is 10.2. The van der Waals surface area contributed by atoms with Gasteiger partial charge in [0.2, 0.25) is 0 Å². The maximum absolute atomic E-state index is 13.8. The number of rotatable bonds is 7. The largest absolute Gasteiger partial charge is 1.00 e. The Kier molecular flexibility index (Phi) is 8.18. The maximum Gasteiger partial charge on any atom is 1.00 e. The zero-order valence-electron chi connectivity index (χ0n) is 13.4. The van der Waals surface area contributed by atoms with Crippen LogP contribution in [0, 0.1) is 6.03 Å². The molecule has 0 bridgehead atoms. The molecule has 112 valence electrons. The van der Waals surface area contributed by atoms with E-state index in [9.17, 15) is 4.57 Å². The summed E-state index contributed by atoms with van der Waals surface area (Å²) in [5.41, 5.74) is 0. The van der Waals surface area contributed by atoms with Crippen LogP contribution in [0.2, 0.25) is 0 Å². The minimum absolute atomic E-state index is 0. The summed E-state index contributed by atoms with van der Waals surface area (Å²) >= 11 is 0. The Morgan fingerprint density at radius 3 is 1.50 bits per heavy atom. The normalized spacial score (nSPS) is 11.2. The predicted octanol–water partition coefficient (Wildman–Crippen LogP) is 0.524. The third-order valence-corrected chi connectivity index (χ3v) is 5.86. The summed E-state index contributed by atoms with van der Waals surface area (Å²) in [4.78, 5) is 0. The van der Waals surface area contributed by atoms with Crippen LogP contribution in [0.1, 0.15) is 13.8 Å². The number of hydrogen-bond donors (Lipinski definition) is 0. The van der Waals surface area contributed by atoms with Crippen molar-refractivity contribution in [2.45, 2.75) is 13.8 Å². The first kappa shape index (κ1) is 19.2. The molecule has 0 radical (unpaired) electrons. The summed E-state index contributed by atoms with van der Waals surface area (Å²) in [6, 6.07) is 18.9. The van der Waals surface area contributed by atoms with Gasteiger partial charge in [0, 0.05) is 13.2 Å². The molecule has 0 saturated carbocycles. The van der Waals surface area contributed by atoms with Gasteiger partial charge in [-0.05, 0) is 30.5 Å². The maximum atomic E-state index is 13.8. The van der Waals surface area contributed by atoms with E-state index in [1.165, 1.54) is 0 Å². The molecule has 0 aromatic heterocycles. The molecule has 0 aliphatic rings. The van der Waals surface area contributed by atoms with Gasteiger partial charge in [-0.1, -0.05) is 60.7 Å². The molecule has 0 spiro atoms. The molecule has 0 unspecified atom stereocenters. The Balaban J connectivity index is 0.00000242. The molecule has 22 heavy (non-hydrogen) atoms. The summed E-state index contributed by atoms with van der Waals surface area (Å²) in [7, 11) is -3.10. The van der Waals surface area contributed by atoms with E-state index in [4.69, 9.17) is 9.47 Å². The van der Waals surface area contributed by atoms with E-state index >= 15 is 0 Å². The summed E-state index contributed by atoms with van der Waals surface area (Å²) in [5.74, 6) is 0. The molecule has 0 aliphatic carbocycles. The molecule has 0 heterocycles. The average Bonchev–Trinajstić information content (AvgIpc) is 2.55. The van der Waals surface area contributed by atoms with E-state index in [0.29, 0.717) is 23.8 Å². The van der Waals surface area contributed by atoms with Crippen LogP contribution in [0.3, 0.4) is 0 Å². The molecular formula is C17H20LiO3P. The monoisotopic (exact) mass is 310 g/mol. The van der Waals surface area contributed by atoms with Crippen molar-refractivity contribution in [1.82, 2.24) is 0 Å². The second-order valence-corrected chi connectivity index (χ2v) is 7.03. The fraction of sp³-hybridized carbons (Fsp3) is 0.235. The van der Waals surface area contributed by atoms with E-state index in [2.05, 4.69) is 0 Å². The zero-order valence-corrected chi connectivity index (χ0v) is 14.3. The fourth-order valence-corrected chi connectivity index (χ4v) is 4.63. The van der Waals surface area contributed by atoms with Crippen molar-refractivity contribution < 1.29 is 32.9 Å². The third kappa shape index (κ3) is 4.13. The molecule has 2 aromatic rings. The van der Waals surface area contributed by atoms with Crippen LogP contribution in [-0.4, -0.2) is 13.2 Å². The molecule has 0 N–H and O–H groups in total. The molecule has 0 saturated heterocycles. The molecule has 0 atom stereocenters. The van der Waals surface area contributed by atoms with Crippen LogP contribution in [0.4, 0.5) is 0 Å². The van der Waals surface area contributed by atoms with Gasteiger partial charge in [0.05, 0.1) is 7.14 Å². The van der Waals surface area contributed by atoms with Crippen LogP contribution >= 0.6 is 7.14 Å². The molecule has 5 heteroatoms. The molecule has 2 aromatic carbocycles. The minimum atomic E-state index is -3.10. The summed E-state index contributed by atoms with van der Waals surface area (Å²) in [6.45, 7) is 4.55. The molecule has 0 aliphatic heterocycles. The van der Waals surface area contributed by atoms with Crippen LogP contribution in [0.15, 0.2) is 60.7 Å². The Hall–Kier alpha value is -0.813. The summed E-state index contributed by atoms with van der Waals surface area (Å²) in [6.07, 6.45) is 0. The molecule has 0 fully saturated rings. The molecule has 0 amide bonds. The fourth-order valence-electron chi connectivity index (χ4n) is 2.11. The van der Waals surface area contributed by atoms with Gasteiger partial charge in [-0.15, -0.1) is 0 Å². The van der Waals surface area contributed by atoms with Gasteiger partial charge < -0.3 is 14.0 Å². The van der Waals surface area contributed by atoms with Gasteiger partial charge in [0.15, 0.2) is 0 Å². The molecule has 2 rings (SSSR count). The first-order valence-corrected chi connectivity index (χ1v) is 8.78. The van der Waals surface area contributed by atoms with Crippen LogP contribution in [0.25, 0.3) is 0 Å². The second kappa shape index (κ2) is 9.35. The van der Waals surface area contributed by atoms with Gasteiger partial charge in [0.25, 0.3) is 0 Å². The van der Waals surface area contributed by atoms with E-state index in [1.807, 2.05) is 74.5 Å². The Morgan fingerprint density at radius 2 is 1.18 bits per heavy atom. The second-order valence-electron chi connectivity index (χ2n) is 4.41. The van der Waals surface area contributed by atoms with Crippen molar-refractivity contribution in [3.8, 4) is 0 Å². The molecular weight excluding hydrogens is 290 g/mol. The smallest absolute Gasteiger partial charge is 0.513 e. The van der Waals surface area contributed by atoms with Crippen molar-refractivity contribution in [1.29, 1.82) is 0 Å². The van der Waals surface area contributed by atoms with Gasteiger partial charge in [-0.3, -0.25) is 0 Å². The first-order valence-electron chi connectivity index (χ1n) is 7.07. The Labute approximate surface area is 144 Å². The van der Waals surface area contributed by atoms with E-state index < -0.39 is 7.14 Å². The van der Waals surface area contributed by atoms with Crippen LogP contribution in [0.5, 0.6) is 0 Å². The van der Waals surface area contributed by atoms with Crippen molar-refractivity contribution in [2.75, 3.05) is 13.2 Å². The summed E-state index contributed by atoms with van der Waals surface area (Å²) < 4.78 is 25.0. The number of hydrogen-bond acceptors (Lipinski definition) is 3. The standard InChI is InChI=1S/C17H20O3P.Li/c1-3-19-17(20-4-2)21(18,15-11-7-5-8-12-15)16-13-9-6-10-14-16;/h5-14H,3-4H2,1-2H3;/q-1;+1. The number of ether oxygens (including phenoxy) is 2. The topological polar surface area (TPSA) is 35.5 Å². The SMILES string of the molecule is CCO[C-](OCC)P(=O)(c1ccccc1)c1ccccc1.[Li+]. The van der Waals surface area contributed by atoms with Crippen molar-refractivity contribution in [3.05, 3.63) is 66.7 Å². The van der Waals surface area contributed by atoms with Crippen LogP contribution in [-0.2, 0) is 14.0 Å². The summed E-state index contributed by atoms with van der Waals surface area (Å²) in [5, 5.41) is 1.43. The quantitative estimate of drug-likeness (QED) is 0.425. The van der Waals surface area contributed by atoms with Gasteiger partial charge in [0.1, 0.15) is 0 Å². The van der Waals surface area contributed by atoms with E-state index in [0.717, 1.165) is 0 Å². The van der Waals surface area contributed by atoms with Crippen LogP contribution < -0.4 is 29.5 Å². The average molecular weight is 310 g/mol. The van der Waals surface area contributed by atoms with E-state index in [-0.39, 0.29) is 24.9 Å². The Morgan fingerprint density at radius 1 is 0.818 bits per heavy atom. The van der Waals surface area contributed by atoms with Gasteiger partial charge >= 0.3 is 18.9 Å². The number of benzene rings is 2. The predicted molar refractivity (Wildman–Crippen MR) is 86.3 cm³/mol. The van der Waals surface area contributed by atoms with Crippen molar-refractivity contribution in [3.63, 3.8) is 0 Å². The molecule has 3 nitrogen and oxygen atoms in total. The van der Waals surface area contributed by atoms with Gasteiger partial charge in [-0.2, -0.15) is 0 Å². The van der Waals surface area contributed by atoms with Gasteiger partial charge in [-0.25, -0.2) is 0 Å². The van der Waals surface area contributed by atoms with E-state index in [1.54, 1.807) is 0 Å². The minimum Gasteiger partial charge on any atom is -0.513 e. The Bertz CT molecular complexity index is 540. The zero-order chi connectivity index (χ0) is 15.1.